The minimum Gasteiger partial charge on any atom is -0.356 e. The van der Waals surface area contributed by atoms with Crippen molar-refractivity contribution < 1.29 is 13.2 Å². The normalized spacial score (nSPS) is 18.5. The van der Waals surface area contributed by atoms with Crippen LogP contribution in [0.5, 0.6) is 0 Å². The standard InChI is InChI=1S/C10H11BrF3N3/c11-8-5-9(16-6-15-8)17-3-1-7(2-4-17)10(12,13)14/h5-7H,1-4H2. The summed E-state index contributed by atoms with van der Waals surface area (Å²) in [4.78, 5) is 9.80. The average molecular weight is 310 g/mol. The van der Waals surface area contributed by atoms with Crippen LogP contribution in [0.25, 0.3) is 0 Å². The number of hydrogen-bond donors (Lipinski definition) is 0. The minimum atomic E-state index is -4.07. The fraction of sp³-hybridized carbons (Fsp3) is 0.600. The van der Waals surface area contributed by atoms with Crippen LogP contribution in [0.15, 0.2) is 17.0 Å². The van der Waals surface area contributed by atoms with E-state index in [1.165, 1.54) is 6.33 Å². The molecule has 0 N–H and O–H groups in total. The lowest BCUT2D eigenvalue weighted by Gasteiger charge is -2.33. The molecule has 1 fully saturated rings. The predicted octanol–water partition coefficient (Wildman–Crippen LogP) is 3.02. The quantitative estimate of drug-likeness (QED) is 0.747. The second-order valence-corrected chi connectivity index (χ2v) is 4.81. The highest BCUT2D eigenvalue weighted by atomic mass is 79.9. The van der Waals surface area contributed by atoms with Gasteiger partial charge in [0, 0.05) is 19.2 Å². The zero-order chi connectivity index (χ0) is 12.5. The van der Waals surface area contributed by atoms with Gasteiger partial charge in [0.25, 0.3) is 0 Å². The number of hydrogen-bond acceptors (Lipinski definition) is 3. The van der Waals surface area contributed by atoms with E-state index < -0.39 is 12.1 Å². The number of anilines is 1. The predicted molar refractivity (Wildman–Crippen MR) is 60.7 cm³/mol. The number of aromatic nitrogens is 2. The van der Waals surface area contributed by atoms with Gasteiger partial charge < -0.3 is 4.90 Å². The summed E-state index contributed by atoms with van der Waals surface area (Å²) in [6.07, 6.45) is -2.41. The van der Waals surface area contributed by atoms with Gasteiger partial charge in [-0.15, -0.1) is 0 Å². The number of rotatable bonds is 1. The lowest BCUT2D eigenvalue weighted by Crippen LogP contribution is -2.39. The van der Waals surface area contributed by atoms with Gasteiger partial charge in [0.1, 0.15) is 16.7 Å². The van der Waals surface area contributed by atoms with Crippen molar-refractivity contribution >= 4 is 21.7 Å². The van der Waals surface area contributed by atoms with Crippen LogP contribution in [0.1, 0.15) is 12.8 Å². The van der Waals surface area contributed by atoms with Gasteiger partial charge in [-0.1, -0.05) is 0 Å². The van der Waals surface area contributed by atoms with Crippen molar-refractivity contribution in [3.63, 3.8) is 0 Å². The van der Waals surface area contributed by atoms with Crippen molar-refractivity contribution in [2.24, 2.45) is 5.92 Å². The molecule has 1 aromatic heterocycles. The molecule has 0 aliphatic carbocycles. The zero-order valence-corrected chi connectivity index (χ0v) is 10.5. The van der Waals surface area contributed by atoms with Gasteiger partial charge in [0.15, 0.2) is 0 Å². The molecule has 17 heavy (non-hydrogen) atoms. The van der Waals surface area contributed by atoms with Gasteiger partial charge in [0.2, 0.25) is 0 Å². The Morgan fingerprint density at radius 3 is 2.41 bits per heavy atom. The summed E-state index contributed by atoms with van der Waals surface area (Å²) in [5, 5.41) is 0. The van der Waals surface area contributed by atoms with E-state index in [9.17, 15) is 13.2 Å². The Morgan fingerprint density at radius 2 is 1.88 bits per heavy atom. The lowest BCUT2D eigenvalue weighted by atomic mass is 9.96. The van der Waals surface area contributed by atoms with Gasteiger partial charge in [-0.3, -0.25) is 0 Å². The third-order valence-electron chi connectivity index (χ3n) is 2.90. The first-order valence-corrected chi connectivity index (χ1v) is 6.05. The number of piperidine rings is 1. The molecule has 0 unspecified atom stereocenters. The molecule has 7 heteroatoms. The number of nitrogens with zero attached hydrogens (tertiary/aromatic N) is 3. The molecule has 1 saturated heterocycles. The Bertz CT molecular complexity index is 389. The van der Waals surface area contributed by atoms with Gasteiger partial charge >= 0.3 is 6.18 Å². The Balaban J connectivity index is 2.00. The van der Waals surface area contributed by atoms with Crippen LogP contribution in [0.3, 0.4) is 0 Å². The van der Waals surface area contributed by atoms with E-state index in [0.717, 1.165) is 0 Å². The molecule has 1 aromatic rings. The van der Waals surface area contributed by atoms with Crippen molar-refractivity contribution in [3.05, 3.63) is 17.0 Å². The lowest BCUT2D eigenvalue weighted by molar-refractivity contribution is -0.179. The number of alkyl halides is 3. The highest BCUT2D eigenvalue weighted by Gasteiger charge is 2.41. The topological polar surface area (TPSA) is 29.0 Å². The van der Waals surface area contributed by atoms with Crippen LogP contribution in [0.4, 0.5) is 19.0 Å². The zero-order valence-electron chi connectivity index (χ0n) is 8.91. The van der Waals surface area contributed by atoms with Crippen molar-refractivity contribution in [2.75, 3.05) is 18.0 Å². The Hall–Kier alpha value is -0.850. The molecule has 0 bridgehead atoms. The fourth-order valence-corrected chi connectivity index (χ4v) is 2.23. The van der Waals surface area contributed by atoms with Crippen LogP contribution in [0, 0.1) is 5.92 Å². The molecule has 0 spiro atoms. The third kappa shape index (κ3) is 3.08. The Kier molecular flexibility index (Phi) is 3.56. The van der Waals surface area contributed by atoms with E-state index in [4.69, 9.17) is 0 Å². The molecule has 2 heterocycles. The molecular weight excluding hydrogens is 299 g/mol. The van der Waals surface area contributed by atoms with E-state index in [1.54, 1.807) is 6.07 Å². The maximum atomic E-state index is 12.5. The molecule has 1 aliphatic rings. The summed E-state index contributed by atoms with van der Waals surface area (Å²) < 4.78 is 38.1. The highest BCUT2D eigenvalue weighted by Crippen LogP contribution is 2.35. The second kappa shape index (κ2) is 4.80. The second-order valence-electron chi connectivity index (χ2n) is 4.00. The summed E-state index contributed by atoms with van der Waals surface area (Å²) in [7, 11) is 0. The molecule has 94 valence electrons. The molecule has 3 nitrogen and oxygen atoms in total. The van der Waals surface area contributed by atoms with E-state index in [1.807, 2.05) is 4.90 Å². The monoisotopic (exact) mass is 309 g/mol. The van der Waals surface area contributed by atoms with Crippen molar-refractivity contribution in [3.8, 4) is 0 Å². The summed E-state index contributed by atoms with van der Waals surface area (Å²) in [5.74, 6) is -0.503. The van der Waals surface area contributed by atoms with Crippen LogP contribution < -0.4 is 4.90 Å². The largest absolute Gasteiger partial charge is 0.391 e. The molecule has 0 saturated carbocycles. The van der Waals surface area contributed by atoms with E-state index in [0.29, 0.717) is 23.5 Å². The third-order valence-corrected chi connectivity index (χ3v) is 3.33. The molecule has 0 atom stereocenters. The smallest absolute Gasteiger partial charge is 0.356 e. The van der Waals surface area contributed by atoms with Crippen molar-refractivity contribution in [1.82, 2.24) is 9.97 Å². The fourth-order valence-electron chi connectivity index (χ4n) is 1.93. The average Bonchev–Trinajstić information content (AvgIpc) is 2.28. The first-order chi connectivity index (χ1) is 7.97. The summed E-state index contributed by atoms with van der Waals surface area (Å²) in [6, 6.07) is 1.72. The maximum absolute atomic E-state index is 12.5. The molecule has 2 rings (SSSR count). The molecule has 0 radical (unpaired) electrons. The minimum absolute atomic E-state index is 0.130. The Labute approximate surface area is 105 Å². The van der Waals surface area contributed by atoms with Gasteiger partial charge in [-0.2, -0.15) is 13.2 Å². The molecule has 0 amide bonds. The van der Waals surface area contributed by atoms with Crippen LogP contribution in [-0.2, 0) is 0 Å². The van der Waals surface area contributed by atoms with Crippen molar-refractivity contribution in [2.45, 2.75) is 19.0 Å². The van der Waals surface area contributed by atoms with Gasteiger partial charge in [-0.05, 0) is 28.8 Å². The SMILES string of the molecule is FC(F)(F)C1CCN(c2cc(Br)ncn2)CC1. The van der Waals surface area contributed by atoms with Crippen molar-refractivity contribution in [1.29, 1.82) is 0 Å². The first kappa shape index (κ1) is 12.6. The summed E-state index contributed by atoms with van der Waals surface area (Å²) in [5.41, 5.74) is 0. The van der Waals surface area contributed by atoms with Gasteiger partial charge in [0.05, 0.1) is 5.92 Å². The van der Waals surface area contributed by atoms with Crippen LogP contribution in [-0.4, -0.2) is 29.2 Å². The summed E-state index contributed by atoms with van der Waals surface area (Å²) >= 11 is 3.21. The van der Waals surface area contributed by atoms with Crippen LogP contribution in [0.2, 0.25) is 0 Å². The molecule has 1 aliphatic heterocycles. The maximum Gasteiger partial charge on any atom is 0.391 e. The van der Waals surface area contributed by atoms with E-state index in [2.05, 4.69) is 25.9 Å². The molecule has 0 aromatic carbocycles. The number of halogens is 4. The van der Waals surface area contributed by atoms with Gasteiger partial charge in [-0.25, -0.2) is 9.97 Å². The Morgan fingerprint density at radius 1 is 1.24 bits per heavy atom. The first-order valence-electron chi connectivity index (χ1n) is 5.26. The van der Waals surface area contributed by atoms with E-state index in [-0.39, 0.29) is 12.8 Å². The van der Waals surface area contributed by atoms with Crippen LogP contribution >= 0.6 is 15.9 Å². The summed E-state index contributed by atoms with van der Waals surface area (Å²) in [6.45, 7) is 0.765. The molecular formula is C10H11BrF3N3. The van der Waals surface area contributed by atoms with E-state index >= 15 is 0 Å². The highest BCUT2D eigenvalue weighted by molar-refractivity contribution is 9.10.